The van der Waals surface area contributed by atoms with E-state index in [1.54, 1.807) is 26.0 Å². The lowest BCUT2D eigenvalue weighted by Gasteiger charge is -2.39. The van der Waals surface area contributed by atoms with Crippen LogP contribution in [0.3, 0.4) is 0 Å². The molecule has 4 aliphatic heterocycles. The maximum atomic E-state index is 15.5. The molecule has 0 spiro atoms. The number of aromatic nitrogens is 1. The quantitative estimate of drug-likeness (QED) is 0.0402. The van der Waals surface area contributed by atoms with Gasteiger partial charge in [0.25, 0.3) is 17.7 Å². The Morgan fingerprint density at radius 3 is 2.25 bits per heavy atom. The summed E-state index contributed by atoms with van der Waals surface area (Å²) in [7, 11) is 1.39. The summed E-state index contributed by atoms with van der Waals surface area (Å²) in [5, 5.41) is 52.9. The molecule has 1 unspecified atom stereocenters. The molecule has 11 atom stereocenters. The Morgan fingerprint density at radius 1 is 0.917 bits per heavy atom. The summed E-state index contributed by atoms with van der Waals surface area (Å²) in [6, 6.07) is -3.53. The van der Waals surface area contributed by atoms with Crippen molar-refractivity contribution in [1.82, 2.24) is 57.3 Å². The number of ether oxygens (including phenoxy) is 1. The van der Waals surface area contributed by atoms with Crippen LogP contribution in [0.5, 0.6) is 5.75 Å². The Balaban J connectivity index is 1.53. The van der Waals surface area contributed by atoms with Crippen molar-refractivity contribution in [3.8, 4) is 5.75 Å². The van der Waals surface area contributed by atoms with E-state index in [2.05, 4.69) is 47.5 Å². The molecule has 6 rings (SSSR count). The number of thioether (sulfide) groups is 1. The number of nitrogens with two attached hydrogens (primary N) is 1. The van der Waals surface area contributed by atoms with E-state index in [1.165, 1.54) is 39.6 Å². The Hall–Kier alpha value is -7.32. The summed E-state index contributed by atoms with van der Waals surface area (Å²) in [5.74, 6) is -12.6. The number of benzene rings is 1. The van der Waals surface area contributed by atoms with Crippen LogP contribution in [0.2, 0.25) is 0 Å². The van der Waals surface area contributed by atoms with Crippen molar-refractivity contribution in [2.24, 2.45) is 17.6 Å². The SMILES string of the molecule is CC[C@H](C)[C@H]1NC(=O)CNC(=O)[C@@H]2Cc3c([nH]c4c(CSCCNC(=O)CCN5C(=O)C=CC5=O)c(OC)ccc34)[S+]([O-])C[C@](C)(NC(=O)CNC1=O)C(=O)N[C@@H](CCC(N)=O)C(=O)N1C[C@H](O)C[C@]1(C)C(=O)N[C@@H]([C@@H](C)[C@@H](O)CO)C(=O)N2. The number of β-amino-alcohol motifs (C(OH)–C–C–N with tert-alkyl or cyclic N) is 1. The van der Waals surface area contributed by atoms with Gasteiger partial charge in [-0.25, -0.2) is 0 Å². The van der Waals surface area contributed by atoms with Gasteiger partial charge >= 0.3 is 0 Å². The number of rotatable bonds is 17. The molecule has 29 nitrogen and oxygen atoms in total. The van der Waals surface area contributed by atoms with Crippen LogP contribution >= 0.6 is 11.8 Å². The van der Waals surface area contributed by atoms with Gasteiger partial charge in [-0.2, -0.15) is 11.8 Å². The van der Waals surface area contributed by atoms with Gasteiger partial charge in [0.2, 0.25) is 58.2 Å². The fraction of sp³-hybridized carbons (Fsp3) is 0.585. The van der Waals surface area contributed by atoms with E-state index >= 15 is 9.35 Å². The Morgan fingerprint density at radius 2 is 1.60 bits per heavy atom. The van der Waals surface area contributed by atoms with E-state index < -0.39 is 199 Å². The van der Waals surface area contributed by atoms with Gasteiger partial charge in [-0.05, 0) is 38.3 Å². The van der Waals surface area contributed by atoms with E-state index in [0.717, 1.165) is 22.0 Å². The third-order valence-corrected chi connectivity index (χ3v) is 18.0. The number of carbonyl (C=O) groups excluding carboxylic acids is 12. The third kappa shape index (κ3) is 15.5. The molecule has 14 N–H and O–H groups in total. The van der Waals surface area contributed by atoms with Crippen LogP contribution < -0.4 is 53.0 Å². The minimum absolute atomic E-state index is 0.0709. The highest BCUT2D eigenvalue weighted by Gasteiger charge is 2.53. The maximum Gasteiger partial charge on any atom is 0.253 e. The first kappa shape index (κ1) is 65.8. The summed E-state index contributed by atoms with van der Waals surface area (Å²) in [6.07, 6.45) is -2.75. The molecular weight excluding hydrogens is 1140 g/mol. The highest BCUT2D eigenvalue weighted by atomic mass is 32.2. The first-order chi connectivity index (χ1) is 39.7. The van der Waals surface area contributed by atoms with Crippen molar-refractivity contribution in [2.75, 3.05) is 57.9 Å². The molecule has 460 valence electrons. The van der Waals surface area contributed by atoms with Crippen LogP contribution in [0.4, 0.5) is 0 Å². The third-order valence-electron chi connectivity index (χ3n) is 15.4. The number of primary amides is 1. The molecule has 1 saturated heterocycles. The maximum absolute atomic E-state index is 15.5. The fourth-order valence-electron chi connectivity index (χ4n) is 10.2. The second-order valence-electron chi connectivity index (χ2n) is 21.6. The molecule has 5 heterocycles. The summed E-state index contributed by atoms with van der Waals surface area (Å²) in [5.41, 5.74) is 1.95. The summed E-state index contributed by atoms with van der Waals surface area (Å²) in [4.78, 5) is 170. The van der Waals surface area contributed by atoms with Crippen LogP contribution in [0.25, 0.3) is 10.9 Å². The predicted molar refractivity (Wildman–Crippen MR) is 301 cm³/mol. The molecule has 31 heteroatoms. The number of aromatic amines is 1. The fourth-order valence-corrected chi connectivity index (χ4v) is 12.7. The zero-order valence-corrected chi connectivity index (χ0v) is 49.0. The Kier molecular flexibility index (Phi) is 22.3. The molecule has 2 bridgehead atoms. The minimum atomic E-state index is -2.51. The normalized spacial score (nSPS) is 27.1. The van der Waals surface area contributed by atoms with Crippen molar-refractivity contribution in [1.29, 1.82) is 0 Å². The number of aliphatic hydroxyl groups excluding tert-OH is 3. The van der Waals surface area contributed by atoms with Crippen molar-refractivity contribution in [3.63, 3.8) is 0 Å². The number of amides is 12. The van der Waals surface area contributed by atoms with Crippen molar-refractivity contribution in [2.45, 2.75) is 131 Å². The van der Waals surface area contributed by atoms with E-state index in [1.807, 2.05) is 0 Å². The van der Waals surface area contributed by atoms with Crippen LogP contribution in [-0.4, -0.2) is 211 Å². The number of hydrogen-bond donors (Lipinski definition) is 13. The van der Waals surface area contributed by atoms with Gasteiger partial charge in [-0.15, -0.1) is 0 Å². The zero-order valence-electron chi connectivity index (χ0n) is 47.4. The van der Waals surface area contributed by atoms with Crippen LogP contribution in [-0.2, 0) is 80.9 Å². The molecule has 0 radical (unpaired) electrons. The molecule has 2 aromatic rings. The molecule has 12 amide bonds. The number of aliphatic hydroxyl groups is 3. The average Bonchev–Trinajstić information content (AvgIpc) is 2.44. The first-order valence-electron chi connectivity index (χ1n) is 27.3. The molecule has 0 aliphatic carbocycles. The highest BCUT2D eigenvalue weighted by Crippen LogP contribution is 2.38. The number of nitrogens with one attached hydrogen (secondary N) is 9. The molecular formula is C53H74N12O17S2. The van der Waals surface area contributed by atoms with Crippen molar-refractivity contribution in [3.05, 3.63) is 35.4 Å². The van der Waals surface area contributed by atoms with Crippen LogP contribution in [0.1, 0.15) is 77.8 Å². The lowest BCUT2D eigenvalue weighted by molar-refractivity contribution is -0.148. The number of fused-ring (bicyclic) bond motifs is 5. The van der Waals surface area contributed by atoms with E-state index in [-0.39, 0.29) is 46.8 Å². The Labute approximate surface area is 490 Å². The standard InChI is InChI=1S/C53H74N12O17S2/c1-7-26(2)42-46(76)57-21-39(72)63-52(4)25-84(81)48-30(29-8-10-35(82-6)31(44(29)61-48)24-83-17-15-55-37(70)14-16-64-40(73)12-13-41(64)74)18-33(45(75)56-20-38(71)60-42)58-47(77)43(27(3)34(68)23-66)62-51(80)53(5)19-28(67)22-65(53)49(78)32(59-50(52)79)9-11-36(54)69/h8,10,12-13,26-28,32-34,42-43,61,66-68H,7,9,11,14-25H2,1-6H3,(H2,54,69)(H,55,70)(H,56,75)(H,57,76)(H,58,77)(H,59,79)(H,60,71)(H,62,80)(H,63,72)/t26-,27-,28+,32-,33-,34-,42+,43-,52-,53+,84?/m0/s1. The molecule has 1 aromatic carbocycles. The van der Waals surface area contributed by atoms with Crippen LogP contribution in [0.15, 0.2) is 29.3 Å². The second kappa shape index (κ2) is 28.5. The average molecular weight is 1220 g/mol. The lowest BCUT2D eigenvalue weighted by Crippen LogP contribution is -2.67. The van der Waals surface area contributed by atoms with E-state index in [0.29, 0.717) is 23.5 Å². The van der Waals surface area contributed by atoms with E-state index in [4.69, 9.17) is 10.5 Å². The highest BCUT2D eigenvalue weighted by molar-refractivity contribution is 7.98. The van der Waals surface area contributed by atoms with Crippen molar-refractivity contribution >= 4 is 105 Å². The molecule has 1 aromatic heterocycles. The van der Waals surface area contributed by atoms with E-state index in [9.17, 15) is 68.1 Å². The smallest absolute Gasteiger partial charge is 0.253 e. The van der Waals surface area contributed by atoms with Gasteiger partial charge in [0.15, 0.2) is 5.54 Å². The zero-order chi connectivity index (χ0) is 62.0. The van der Waals surface area contributed by atoms with Gasteiger partial charge in [-0.1, -0.05) is 27.2 Å². The number of carbonyl (C=O) groups is 12. The number of hydrogen-bond acceptors (Lipinski definition) is 18. The summed E-state index contributed by atoms with van der Waals surface area (Å²) < 4.78 is 21.3. The Bertz CT molecular complexity index is 2930. The predicted octanol–water partition coefficient (Wildman–Crippen LogP) is -4.78. The van der Waals surface area contributed by atoms with Gasteiger partial charge < -0.3 is 82.8 Å². The van der Waals surface area contributed by atoms with Crippen molar-refractivity contribution < 1.29 is 82.1 Å². The first-order valence-corrected chi connectivity index (χ1v) is 29.8. The topological polar surface area (TPSA) is 442 Å². The molecule has 4 aliphatic rings. The lowest BCUT2D eigenvalue weighted by atomic mass is 9.91. The molecule has 1 fully saturated rings. The summed E-state index contributed by atoms with van der Waals surface area (Å²) >= 11 is -1.19. The number of imide groups is 1. The number of nitrogens with zero attached hydrogens (tertiary/aromatic N) is 2. The van der Waals surface area contributed by atoms with Gasteiger partial charge in [-0.3, -0.25) is 62.4 Å². The van der Waals surface area contributed by atoms with Crippen LogP contribution in [0, 0.1) is 11.8 Å². The second-order valence-corrected chi connectivity index (χ2v) is 24.1. The molecule has 0 saturated carbocycles. The largest absolute Gasteiger partial charge is 0.610 e. The monoisotopic (exact) mass is 1210 g/mol. The van der Waals surface area contributed by atoms with Gasteiger partial charge in [0.05, 0.1) is 44.5 Å². The number of H-pyrrole nitrogens is 1. The summed E-state index contributed by atoms with van der Waals surface area (Å²) in [6.45, 7) is 4.07. The molecule has 84 heavy (non-hydrogen) atoms. The van der Waals surface area contributed by atoms with Gasteiger partial charge in [0.1, 0.15) is 41.2 Å². The van der Waals surface area contributed by atoms with Gasteiger partial charge in [0, 0.05) is 103 Å². The minimum Gasteiger partial charge on any atom is -0.610 e. The number of methoxy groups -OCH3 is 1.